The number of unbranched alkanes of at least 4 members (excludes halogenated alkanes) is 13. The average molecular weight is 662 g/mol. The Morgan fingerprint density at radius 1 is 0.744 bits per heavy atom. The number of ketones is 1. The Labute approximate surface area is 251 Å². The first-order valence-corrected chi connectivity index (χ1v) is 16.3. The summed E-state index contributed by atoms with van der Waals surface area (Å²) < 4.78 is 1.71. The van der Waals surface area contributed by atoms with E-state index in [0.29, 0.717) is 12.1 Å². The second-order valence-corrected chi connectivity index (χ2v) is 12.5. The minimum absolute atomic E-state index is 0.133. The third-order valence-electron chi connectivity index (χ3n) is 7.58. The number of amides is 1. The van der Waals surface area contributed by atoms with Crippen molar-refractivity contribution in [2.75, 3.05) is 6.54 Å². The summed E-state index contributed by atoms with van der Waals surface area (Å²) in [4.78, 5) is 28.0. The maximum atomic E-state index is 13.2. The number of hydrogen-bond donors (Lipinski definition) is 1. The number of carbonyl (C=O) groups excluding carboxylic acids is 2. The SMILES string of the molecule is CCCCCCCCCCCCCCCCN1C(=O)C(=O)/C(=C(/O)c2cccc(Br)c2)[C@H]1c1ccc(Br)cc1. The average Bonchev–Trinajstić information content (AvgIpc) is 3.18. The third kappa shape index (κ3) is 9.60. The quantitative estimate of drug-likeness (QED) is 0.0795. The molecule has 1 saturated heterocycles. The van der Waals surface area contributed by atoms with E-state index in [1.807, 2.05) is 30.3 Å². The van der Waals surface area contributed by atoms with E-state index in [2.05, 4.69) is 38.8 Å². The molecule has 2 aromatic rings. The first-order valence-electron chi connectivity index (χ1n) is 14.7. The fraction of sp³-hybridized carbons (Fsp3) is 0.515. The van der Waals surface area contributed by atoms with E-state index in [1.165, 1.54) is 70.6 Å². The van der Waals surface area contributed by atoms with Crippen molar-refractivity contribution in [3.63, 3.8) is 0 Å². The van der Waals surface area contributed by atoms with Crippen molar-refractivity contribution in [1.29, 1.82) is 0 Å². The third-order valence-corrected chi connectivity index (χ3v) is 8.60. The van der Waals surface area contributed by atoms with Crippen molar-refractivity contribution in [3.05, 3.63) is 74.2 Å². The van der Waals surface area contributed by atoms with Gasteiger partial charge in [-0.3, -0.25) is 9.59 Å². The fourth-order valence-corrected chi connectivity index (χ4v) is 6.03. The lowest BCUT2D eigenvalue weighted by atomic mass is 9.95. The van der Waals surface area contributed by atoms with Crippen LogP contribution < -0.4 is 0 Å². The van der Waals surface area contributed by atoms with Crippen LogP contribution in [-0.2, 0) is 9.59 Å². The molecule has 1 heterocycles. The number of nitrogens with zero attached hydrogens (tertiary/aromatic N) is 1. The van der Waals surface area contributed by atoms with Crippen molar-refractivity contribution in [2.24, 2.45) is 0 Å². The fourth-order valence-electron chi connectivity index (χ4n) is 5.37. The summed E-state index contributed by atoms with van der Waals surface area (Å²) in [7, 11) is 0. The molecule has 0 aliphatic carbocycles. The Hall–Kier alpha value is -1.92. The second kappa shape index (κ2) is 17.0. The van der Waals surface area contributed by atoms with Gasteiger partial charge in [0.2, 0.25) is 0 Å². The minimum atomic E-state index is -0.620. The van der Waals surface area contributed by atoms with Gasteiger partial charge in [-0.25, -0.2) is 0 Å². The minimum Gasteiger partial charge on any atom is -0.507 e. The first-order chi connectivity index (χ1) is 18.9. The molecule has 1 aliphatic rings. The van der Waals surface area contributed by atoms with E-state index in [4.69, 9.17) is 0 Å². The molecule has 6 heteroatoms. The molecule has 1 atom stereocenters. The highest BCUT2D eigenvalue weighted by molar-refractivity contribution is 9.10. The van der Waals surface area contributed by atoms with Crippen LogP contribution in [0.25, 0.3) is 5.76 Å². The number of aliphatic hydroxyl groups is 1. The zero-order valence-electron chi connectivity index (χ0n) is 23.3. The molecule has 0 aromatic heterocycles. The highest BCUT2D eigenvalue weighted by atomic mass is 79.9. The molecular weight excluding hydrogens is 618 g/mol. The summed E-state index contributed by atoms with van der Waals surface area (Å²) in [6.45, 7) is 2.76. The normalized spacial score (nSPS) is 16.8. The molecule has 2 aromatic carbocycles. The maximum absolute atomic E-state index is 13.2. The topological polar surface area (TPSA) is 57.6 Å². The van der Waals surface area contributed by atoms with E-state index in [1.54, 1.807) is 23.1 Å². The van der Waals surface area contributed by atoms with Crippen molar-refractivity contribution in [2.45, 2.75) is 103 Å². The van der Waals surface area contributed by atoms with Crippen LogP contribution in [0, 0.1) is 0 Å². The highest BCUT2D eigenvalue weighted by Gasteiger charge is 2.45. The van der Waals surface area contributed by atoms with Gasteiger partial charge in [-0.05, 0) is 36.2 Å². The van der Waals surface area contributed by atoms with Gasteiger partial charge in [0.25, 0.3) is 11.7 Å². The molecule has 1 fully saturated rings. The number of rotatable bonds is 17. The molecule has 4 nitrogen and oxygen atoms in total. The van der Waals surface area contributed by atoms with Gasteiger partial charge in [0.1, 0.15) is 5.76 Å². The molecule has 0 spiro atoms. The van der Waals surface area contributed by atoms with Gasteiger partial charge in [-0.2, -0.15) is 0 Å². The van der Waals surface area contributed by atoms with Crippen LogP contribution in [0.4, 0.5) is 0 Å². The molecule has 39 heavy (non-hydrogen) atoms. The second-order valence-electron chi connectivity index (χ2n) is 10.7. The summed E-state index contributed by atoms with van der Waals surface area (Å²) in [5, 5.41) is 11.2. The van der Waals surface area contributed by atoms with Gasteiger partial charge in [0.15, 0.2) is 0 Å². The highest BCUT2D eigenvalue weighted by Crippen LogP contribution is 2.40. The Morgan fingerprint density at radius 2 is 1.28 bits per heavy atom. The Balaban J connectivity index is 1.53. The summed E-state index contributed by atoms with van der Waals surface area (Å²) >= 11 is 6.90. The monoisotopic (exact) mass is 659 g/mol. The van der Waals surface area contributed by atoms with E-state index in [0.717, 1.165) is 33.8 Å². The molecule has 1 amide bonds. The lowest BCUT2D eigenvalue weighted by Gasteiger charge is -2.25. The smallest absolute Gasteiger partial charge is 0.295 e. The van der Waals surface area contributed by atoms with Crippen LogP contribution in [0.15, 0.2) is 63.0 Å². The van der Waals surface area contributed by atoms with Crippen molar-refractivity contribution >= 4 is 49.3 Å². The molecular formula is C33H43Br2NO3. The lowest BCUT2D eigenvalue weighted by molar-refractivity contribution is -0.139. The Morgan fingerprint density at radius 3 is 1.82 bits per heavy atom. The van der Waals surface area contributed by atoms with Crippen molar-refractivity contribution in [3.8, 4) is 0 Å². The molecule has 1 N–H and O–H groups in total. The molecule has 0 saturated carbocycles. The van der Waals surface area contributed by atoms with E-state index < -0.39 is 17.7 Å². The molecule has 3 rings (SSSR count). The largest absolute Gasteiger partial charge is 0.507 e. The van der Waals surface area contributed by atoms with E-state index >= 15 is 0 Å². The first kappa shape index (κ1) is 31.6. The molecule has 0 unspecified atom stereocenters. The van der Waals surface area contributed by atoms with Gasteiger partial charge >= 0.3 is 0 Å². The summed E-state index contributed by atoms with van der Waals surface area (Å²) in [6.07, 6.45) is 17.7. The van der Waals surface area contributed by atoms with Gasteiger partial charge < -0.3 is 10.0 Å². The number of likely N-dealkylation sites (tertiary alicyclic amines) is 1. The summed E-state index contributed by atoms with van der Waals surface area (Å²) in [6, 6.07) is 14.2. The predicted octanol–water partition coefficient (Wildman–Crippen LogP) is 10.1. The molecule has 0 radical (unpaired) electrons. The van der Waals surface area contributed by atoms with E-state index in [9.17, 15) is 14.7 Å². The van der Waals surface area contributed by atoms with Gasteiger partial charge in [0.05, 0.1) is 11.6 Å². The van der Waals surface area contributed by atoms with Crippen LogP contribution in [0.5, 0.6) is 0 Å². The number of halogens is 2. The molecule has 0 bridgehead atoms. The van der Waals surface area contributed by atoms with Crippen LogP contribution in [0.2, 0.25) is 0 Å². The van der Waals surface area contributed by atoms with Crippen LogP contribution in [-0.4, -0.2) is 28.2 Å². The van der Waals surface area contributed by atoms with Crippen LogP contribution in [0.1, 0.15) is 114 Å². The number of carbonyl (C=O) groups is 2. The molecule has 212 valence electrons. The number of benzene rings is 2. The standard InChI is InChI=1S/C33H43Br2NO3/c1-2-3-4-5-6-7-8-9-10-11-12-13-14-15-23-36-30(25-19-21-27(34)22-20-25)29(32(38)33(36)39)31(37)26-17-16-18-28(35)24-26/h16-22,24,30,37H,2-15,23H2,1H3/b31-29+/t30-/m1/s1. The van der Waals surface area contributed by atoms with Crippen molar-refractivity contribution < 1.29 is 14.7 Å². The zero-order valence-corrected chi connectivity index (χ0v) is 26.4. The number of hydrogen-bond acceptors (Lipinski definition) is 3. The van der Waals surface area contributed by atoms with Crippen molar-refractivity contribution in [1.82, 2.24) is 4.90 Å². The predicted molar refractivity (Wildman–Crippen MR) is 168 cm³/mol. The summed E-state index contributed by atoms with van der Waals surface area (Å²) in [5.74, 6) is -1.29. The van der Waals surface area contributed by atoms with Gasteiger partial charge in [0, 0.05) is 21.1 Å². The maximum Gasteiger partial charge on any atom is 0.295 e. The number of Topliss-reactive ketones (excluding diaryl/α,β-unsaturated/α-hetero) is 1. The number of aliphatic hydroxyl groups excluding tert-OH is 1. The molecule has 1 aliphatic heterocycles. The Kier molecular flexibility index (Phi) is 13.8. The lowest BCUT2D eigenvalue weighted by Crippen LogP contribution is -2.30. The zero-order chi connectivity index (χ0) is 28.0. The van der Waals surface area contributed by atoms with Crippen LogP contribution >= 0.6 is 31.9 Å². The van der Waals surface area contributed by atoms with Crippen LogP contribution in [0.3, 0.4) is 0 Å². The summed E-state index contributed by atoms with van der Waals surface area (Å²) in [5.41, 5.74) is 1.49. The van der Waals surface area contributed by atoms with Gasteiger partial charge in [-0.1, -0.05) is 147 Å². The van der Waals surface area contributed by atoms with Gasteiger partial charge in [-0.15, -0.1) is 0 Å². The Bertz CT molecular complexity index is 1100. The van der Waals surface area contributed by atoms with E-state index in [-0.39, 0.29) is 11.3 Å².